The number of rotatable bonds is 6. The zero-order chi connectivity index (χ0) is 18.4. The van der Waals surface area contributed by atoms with Gasteiger partial charge in [-0.1, -0.05) is 78.9 Å². The Morgan fingerprint density at radius 2 is 1.23 bits per heavy atom. The molecule has 0 aliphatic rings. The van der Waals surface area contributed by atoms with E-state index in [2.05, 4.69) is 5.32 Å². The lowest BCUT2D eigenvalue weighted by Crippen LogP contribution is -2.37. The Bertz CT molecular complexity index is 852. The molecule has 0 bridgehead atoms. The Balaban J connectivity index is 1.85. The maximum atomic E-state index is 14.0. The van der Waals surface area contributed by atoms with Crippen LogP contribution in [-0.4, -0.2) is 18.1 Å². The Morgan fingerprint density at radius 3 is 1.69 bits per heavy atom. The van der Waals surface area contributed by atoms with Crippen LogP contribution in [0.2, 0.25) is 0 Å². The molecule has 3 aromatic carbocycles. The SMILES string of the molecule is CC(CP(=O)(c1ccccc1)c1ccccc1)NC(=O)c1ccccc1. The van der Waals surface area contributed by atoms with Crippen LogP contribution >= 0.6 is 7.14 Å². The summed E-state index contributed by atoms with van der Waals surface area (Å²) >= 11 is 0. The summed E-state index contributed by atoms with van der Waals surface area (Å²) in [5, 5.41) is 4.60. The van der Waals surface area contributed by atoms with Crippen LogP contribution in [0.3, 0.4) is 0 Å². The smallest absolute Gasteiger partial charge is 0.251 e. The summed E-state index contributed by atoms with van der Waals surface area (Å²) in [6, 6.07) is 27.9. The molecule has 1 N–H and O–H groups in total. The first-order chi connectivity index (χ1) is 12.6. The monoisotopic (exact) mass is 363 g/mol. The Morgan fingerprint density at radius 1 is 0.808 bits per heavy atom. The molecule has 0 saturated heterocycles. The van der Waals surface area contributed by atoms with Crippen molar-refractivity contribution < 1.29 is 9.36 Å². The van der Waals surface area contributed by atoms with Crippen LogP contribution in [-0.2, 0) is 4.57 Å². The van der Waals surface area contributed by atoms with Crippen molar-refractivity contribution in [3.05, 3.63) is 96.6 Å². The highest BCUT2D eigenvalue weighted by atomic mass is 31.2. The molecule has 1 amide bonds. The van der Waals surface area contributed by atoms with Gasteiger partial charge in [0.15, 0.2) is 0 Å². The van der Waals surface area contributed by atoms with Crippen molar-refractivity contribution >= 4 is 23.7 Å². The van der Waals surface area contributed by atoms with Gasteiger partial charge in [-0.05, 0) is 19.1 Å². The molecule has 0 aliphatic carbocycles. The second kappa shape index (κ2) is 8.16. The number of hydrogen-bond acceptors (Lipinski definition) is 2. The van der Waals surface area contributed by atoms with Crippen LogP contribution in [0.5, 0.6) is 0 Å². The van der Waals surface area contributed by atoms with E-state index in [4.69, 9.17) is 0 Å². The minimum Gasteiger partial charge on any atom is -0.349 e. The van der Waals surface area contributed by atoms with E-state index in [1.165, 1.54) is 0 Å². The maximum Gasteiger partial charge on any atom is 0.251 e. The second-order valence-electron chi connectivity index (χ2n) is 6.33. The highest BCUT2D eigenvalue weighted by Gasteiger charge is 2.29. The van der Waals surface area contributed by atoms with E-state index in [9.17, 15) is 9.36 Å². The summed E-state index contributed by atoms with van der Waals surface area (Å²) < 4.78 is 14.0. The van der Waals surface area contributed by atoms with Crippen LogP contribution in [0.1, 0.15) is 17.3 Å². The van der Waals surface area contributed by atoms with Gasteiger partial charge in [0.1, 0.15) is 7.14 Å². The first-order valence-corrected chi connectivity index (χ1v) is 10.5. The number of carbonyl (C=O) groups excluding carboxylic acids is 1. The average Bonchev–Trinajstić information content (AvgIpc) is 2.70. The molecule has 3 rings (SSSR count). The van der Waals surface area contributed by atoms with Crippen molar-refractivity contribution in [3.8, 4) is 0 Å². The van der Waals surface area contributed by atoms with E-state index in [-0.39, 0.29) is 11.9 Å². The molecule has 4 heteroatoms. The molecule has 1 unspecified atom stereocenters. The quantitative estimate of drug-likeness (QED) is 0.677. The van der Waals surface area contributed by atoms with Gasteiger partial charge in [0, 0.05) is 28.4 Å². The zero-order valence-corrected chi connectivity index (χ0v) is 15.6. The van der Waals surface area contributed by atoms with Gasteiger partial charge >= 0.3 is 0 Å². The van der Waals surface area contributed by atoms with Gasteiger partial charge in [-0.25, -0.2) is 0 Å². The molecule has 0 aromatic heterocycles. The molecule has 0 aliphatic heterocycles. The molecule has 1 atom stereocenters. The third kappa shape index (κ3) is 4.12. The highest BCUT2D eigenvalue weighted by molar-refractivity contribution is 7.78. The summed E-state index contributed by atoms with van der Waals surface area (Å²) in [7, 11) is -2.84. The van der Waals surface area contributed by atoms with Crippen molar-refractivity contribution in [1.29, 1.82) is 0 Å². The molecule has 0 heterocycles. The van der Waals surface area contributed by atoms with Gasteiger partial charge in [0.25, 0.3) is 5.91 Å². The maximum absolute atomic E-state index is 14.0. The molecule has 0 spiro atoms. The van der Waals surface area contributed by atoms with Gasteiger partial charge in [0.05, 0.1) is 0 Å². The predicted octanol–water partition coefficient (Wildman–Crippen LogP) is 3.82. The lowest BCUT2D eigenvalue weighted by molar-refractivity contribution is 0.0943. The Kier molecular flexibility index (Phi) is 5.70. The fourth-order valence-corrected chi connectivity index (χ4v) is 5.92. The molecule has 3 aromatic rings. The summed E-state index contributed by atoms with van der Waals surface area (Å²) in [5.41, 5.74) is 0.605. The van der Waals surface area contributed by atoms with Crippen molar-refractivity contribution in [2.45, 2.75) is 13.0 Å². The first kappa shape index (κ1) is 18.2. The normalized spacial score (nSPS) is 12.3. The van der Waals surface area contributed by atoms with Gasteiger partial charge < -0.3 is 9.88 Å². The zero-order valence-electron chi connectivity index (χ0n) is 14.7. The molecular formula is C22H22NO2P. The average molecular weight is 363 g/mol. The van der Waals surface area contributed by atoms with Crippen molar-refractivity contribution in [1.82, 2.24) is 5.32 Å². The van der Waals surface area contributed by atoms with Crippen LogP contribution in [0, 0.1) is 0 Å². The first-order valence-electron chi connectivity index (χ1n) is 8.66. The Labute approximate surface area is 154 Å². The van der Waals surface area contributed by atoms with Crippen LogP contribution < -0.4 is 15.9 Å². The van der Waals surface area contributed by atoms with Gasteiger partial charge in [0.2, 0.25) is 0 Å². The summed E-state index contributed by atoms with van der Waals surface area (Å²) in [6.45, 7) is 1.90. The van der Waals surface area contributed by atoms with Crippen LogP contribution in [0.25, 0.3) is 0 Å². The van der Waals surface area contributed by atoms with E-state index in [1.807, 2.05) is 85.8 Å². The van der Waals surface area contributed by atoms with Crippen molar-refractivity contribution in [3.63, 3.8) is 0 Å². The summed E-state index contributed by atoms with van der Waals surface area (Å²) in [4.78, 5) is 12.4. The van der Waals surface area contributed by atoms with Gasteiger partial charge in [-0.15, -0.1) is 0 Å². The molecular weight excluding hydrogens is 341 g/mol. The fourth-order valence-electron chi connectivity index (χ4n) is 3.03. The Hall–Kier alpha value is -2.64. The number of amides is 1. The van der Waals surface area contributed by atoms with Gasteiger partial charge in [-0.2, -0.15) is 0 Å². The highest BCUT2D eigenvalue weighted by Crippen LogP contribution is 2.43. The molecule has 0 saturated carbocycles. The van der Waals surface area contributed by atoms with Crippen LogP contribution in [0.4, 0.5) is 0 Å². The third-order valence-corrected chi connectivity index (χ3v) is 7.62. The molecule has 3 nitrogen and oxygen atoms in total. The van der Waals surface area contributed by atoms with Crippen molar-refractivity contribution in [2.24, 2.45) is 0 Å². The van der Waals surface area contributed by atoms with Crippen molar-refractivity contribution in [2.75, 3.05) is 6.16 Å². The topological polar surface area (TPSA) is 46.2 Å². The molecule has 0 radical (unpaired) electrons. The number of nitrogens with one attached hydrogen (secondary N) is 1. The van der Waals surface area contributed by atoms with E-state index >= 15 is 0 Å². The summed E-state index contributed by atoms with van der Waals surface area (Å²) in [6.07, 6.45) is 0.375. The van der Waals surface area contributed by atoms with E-state index in [0.717, 1.165) is 10.6 Å². The lowest BCUT2D eigenvalue weighted by atomic mass is 10.2. The lowest BCUT2D eigenvalue weighted by Gasteiger charge is -2.23. The second-order valence-corrected chi connectivity index (χ2v) is 9.21. The standard InChI is InChI=1S/C22H22NO2P/c1-18(23-22(24)19-11-5-2-6-12-19)17-26(25,20-13-7-3-8-14-20)21-15-9-4-10-16-21/h2-16,18H,17H2,1H3,(H,23,24). The third-order valence-electron chi connectivity index (χ3n) is 4.29. The predicted molar refractivity (Wildman–Crippen MR) is 108 cm³/mol. The van der Waals surface area contributed by atoms with E-state index in [0.29, 0.717) is 11.7 Å². The van der Waals surface area contributed by atoms with E-state index < -0.39 is 7.14 Å². The summed E-state index contributed by atoms with van der Waals surface area (Å²) in [5.74, 6) is -0.147. The van der Waals surface area contributed by atoms with Gasteiger partial charge in [-0.3, -0.25) is 4.79 Å². The number of carbonyl (C=O) groups is 1. The molecule has 26 heavy (non-hydrogen) atoms. The fraction of sp³-hybridized carbons (Fsp3) is 0.136. The minimum atomic E-state index is -2.84. The van der Waals surface area contributed by atoms with E-state index in [1.54, 1.807) is 12.1 Å². The molecule has 0 fully saturated rings. The van der Waals surface area contributed by atoms with Crippen LogP contribution in [0.15, 0.2) is 91.0 Å². The molecule has 132 valence electrons. The minimum absolute atomic E-state index is 0.147. The number of benzene rings is 3. The largest absolute Gasteiger partial charge is 0.349 e. The number of hydrogen-bond donors (Lipinski definition) is 1.